The molecule has 1 aromatic carbocycles. The van der Waals surface area contributed by atoms with Crippen molar-refractivity contribution < 1.29 is 17.9 Å². The van der Waals surface area contributed by atoms with Crippen LogP contribution in [-0.4, -0.2) is 39.9 Å². The van der Waals surface area contributed by atoms with Crippen LogP contribution in [0.1, 0.15) is 11.8 Å². The lowest BCUT2D eigenvalue weighted by atomic mass is 10.3. The summed E-state index contributed by atoms with van der Waals surface area (Å²) in [5.74, 6) is -0.189. The minimum absolute atomic E-state index is 0.293. The monoisotopic (exact) mass is 381 g/mol. The standard InChI is InChI=1S/C16H19N3O4S2/c1-12(15-9-6-10-24-15)17-18-16(20)11-19(25(3,21)22)13-7-4-5-8-14(13)23-2/h4-10H,11H2,1-3H3,(H,18,20)/b17-12-. The van der Waals surface area contributed by atoms with Crippen LogP contribution >= 0.6 is 11.3 Å². The van der Waals surface area contributed by atoms with E-state index in [9.17, 15) is 13.2 Å². The van der Waals surface area contributed by atoms with Crippen LogP contribution in [0.15, 0.2) is 46.9 Å². The van der Waals surface area contributed by atoms with Gasteiger partial charge in [-0.2, -0.15) is 5.10 Å². The largest absolute Gasteiger partial charge is 0.495 e. The molecule has 0 radical (unpaired) electrons. The fraction of sp³-hybridized carbons (Fsp3) is 0.250. The molecule has 7 nitrogen and oxygen atoms in total. The summed E-state index contributed by atoms with van der Waals surface area (Å²) in [5, 5.41) is 5.92. The zero-order valence-corrected chi connectivity index (χ0v) is 15.7. The second-order valence-electron chi connectivity index (χ2n) is 5.15. The quantitative estimate of drug-likeness (QED) is 0.587. The Morgan fingerprint density at radius 2 is 2.00 bits per heavy atom. The van der Waals surface area contributed by atoms with Crippen molar-refractivity contribution in [3.63, 3.8) is 0 Å². The Kier molecular flexibility index (Phi) is 6.16. The van der Waals surface area contributed by atoms with Gasteiger partial charge in [-0.3, -0.25) is 9.10 Å². The van der Waals surface area contributed by atoms with Gasteiger partial charge >= 0.3 is 0 Å². The maximum atomic E-state index is 12.2. The molecule has 0 fully saturated rings. The van der Waals surface area contributed by atoms with Crippen LogP contribution in [0.25, 0.3) is 0 Å². The van der Waals surface area contributed by atoms with Crippen molar-refractivity contribution in [2.75, 3.05) is 24.2 Å². The number of nitrogens with zero attached hydrogens (tertiary/aromatic N) is 2. The molecule has 2 aromatic rings. The predicted molar refractivity (Wildman–Crippen MR) is 99.9 cm³/mol. The lowest BCUT2D eigenvalue weighted by Crippen LogP contribution is -2.39. The lowest BCUT2D eigenvalue weighted by Gasteiger charge is -2.23. The van der Waals surface area contributed by atoms with Crippen LogP contribution in [0.4, 0.5) is 5.69 Å². The number of nitrogens with one attached hydrogen (secondary N) is 1. The maximum Gasteiger partial charge on any atom is 0.260 e. The zero-order valence-electron chi connectivity index (χ0n) is 14.1. The summed E-state index contributed by atoms with van der Waals surface area (Å²) in [5.41, 5.74) is 3.33. The van der Waals surface area contributed by atoms with Gasteiger partial charge in [0.25, 0.3) is 5.91 Å². The van der Waals surface area contributed by atoms with E-state index in [1.54, 1.807) is 31.2 Å². The molecule has 0 aliphatic rings. The van der Waals surface area contributed by atoms with E-state index in [4.69, 9.17) is 4.74 Å². The van der Waals surface area contributed by atoms with Crippen LogP contribution in [0.5, 0.6) is 5.75 Å². The minimum atomic E-state index is -3.68. The molecule has 0 unspecified atom stereocenters. The minimum Gasteiger partial charge on any atom is -0.495 e. The number of para-hydroxylation sites is 2. The second-order valence-corrected chi connectivity index (χ2v) is 8.01. The van der Waals surface area contributed by atoms with E-state index in [2.05, 4.69) is 10.5 Å². The predicted octanol–water partition coefficient (Wildman–Crippen LogP) is 2.06. The molecule has 1 heterocycles. The van der Waals surface area contributed by atoms with E-state index >= 15 is 0 Å². The number of carbonyl (C=O) groups is 1. The summed E-state index contributed by atoms with van der Waals surface area (Å²) in [7, 11) is -2.24. The van der Waals surface area contributed by atoms with Crippen molar-refractivity contribution in [3.8, 4) is 5.75 Å². The molecule has 0 aliphatic heterocycles. The van der Waals surface area contributed by atoms with Gasteiger partial charge in [0, 0.05) is 4.88 Å². The highest BCUT2D eigenvalue weighted by Crippen LogP contribution is 2.29. The Balaban J connectivity index is 2.18. The van der Waals surface area contributed by atoms with Gasteiger partial charge in [0.15, 0.2) is 0 Å². The Hall–Kier alpha value is -2.39. The molecule has 0 saturated carbocycles. The number of hydrazone groups is 1. The molecule has 0 saturated heterocycles. The number of sulfonamides is 1. The average Bonchev–Trinajstić information content (AvgIpc) is 3.11. The van der Waals surface area contributed by atoms with E-state index < -0.39 is 22.5 Å². The molecule has 0 spiro atoms. The number of amides is 1. The van der Waals surface area contributed by atoms with Crippen LogP contribution in [0.3, 0.4) is 0 Å². The summed E-state index contributed by atoms with van der Waals surface area (Å²) < 4.78 is 30.4. The highest BCUT2D eigenvalue weighted by molar-refractivity contribution is 7.92. The number of benzene rings is 1. The molecule has 1 N–H and O–H groups in total. The normalized spacial score (nSPS) is 11.9. The van der Waals surface area contributed by atoms with Gasteiger partial charge in [-0.15, -0.1) is 11.3 Å². The third kappa shape index (κ3) is 5.04. The topological polar surface area (TPSA) is 88.1 Å². The fourth-order valence-electron chi connectivity index (χ4n) is 2.07. The van der Waals surface area contributed by atoms with E-state index in [1.165, 1.54) is 18.4 Å². The molecule has 1 amide bonds. The maximum absolute atomic E-state index is 12.2. The van der Waals surface area contributed by atoms with Crippen LogP contribution in [0, 0.1) is 0 Å². The van der Waals surface area contributed by atoms with Gasteiger partial charge in [0.1, 0.15) is 12.3 Å². The van der Waals surface area contributed by atoms with Crippen molar-refractivity contribution in [2.45, 2.75) is 6.92 Å². The Morgan fingerprint density at radius 3 is 2.60 bits per heavy atom. The molecule has 0 atom stereocenters. The molecule has 2 rings (SSSR count). The zero-order chi connectivity index (χ0) is 18.4. The number of anilines is 1. The van der Waals surface area contributed by atoms with Crippen LogP contribution in [0.2, 0.25) is 0 Å². The molecule has 0 aliphatic carbocycles. The summed E-state index contributed by atoms with van der Waals surface area (Å²) in [6, 6.07) is 10.4. The smallest absolute Gasteiger partial charge is 0.260 e. The first-order valence-electron chi connectivity index (χ1n) is 7.30. The third-order valence-corrected chi connectivity index (χ3v) is 5.37. The second kappa shape index (κ2) is 8.13. The Morgan fingerprint density at radius 1 is 1.28 bits per heavy atom. The van der Waals surface area contributed by atoms with Gasteiger partial charge in [-0.05, 0) is 30.5 Å². The Labute approximate surface area is 151 Å². The number of thiophene rings is 1. The number of rotatable bonds is 7. The van der Waals surface area contributed by atoms with Gasteiger partial charge in [0.2, 0.25) is 10.0 Å². The number of hydrogen-bond donors (Lipinski definition) is 1. The average molecular weight is 381 g/mol. The van der Waals surface area contributed by atoms with Crippen molar-refractivity contribution >= 4 is 38.7 Å². The molecule has 25 heavy (non-hydrogen) atoms. The van der Waals surface area contributed by atoms with E-state index in [-0.39, 0.29) is 0 Å². The van der Waals surface area contributed by atoms with Crippen LogP contribution in [-0.2, 0) is 14.8 Å². The Bertz CT molecular complexity index is 861. The first-order valence-corrected chi connectivity index (χ1v) is 10.0. The highest BCUT2D eigenvalue weighted by atomic mass is 32.2. The van der Waals surface area contributed by atoms with Crippen molar-refractivity contribution in [1.29, 1.82) is 0 Å². The number of carbonyl (C=O) groups excluding carboxylic acids is 1. The summed E-state index contributed by atoms with van der Waals surface area (Å²) in [6.07, 6.45) is 1.03. The summed E-state index contributed by atoms with van der Waals surface area (Å²) >= 11 is 1.50. The summed E-state index contributed by atoms with van der Waals surface area (Å²) in [4.78, 5) is 13.1. The van der Waals surface area contributed by atoms with Crippen LogP contribution < -0.4 is 14.5 Å². The van der Waals surface area contributed by atoms with Gasteiger partial charge < -0.3 is 4.74 Å². The molecule has 0 bridgehead atoms. The van der Waals surface area contributed by atoms with Crippen molar-refractivity contribution in [1.82, 2.24) is 5.43 Å². The first kappa shape index (κ1) is 18.9. The molecule has 1 aromatic heterocycles. The SMILES string of the molecule is COc1ccccc1N(CC(=O)N/N=C(/C)c1cccs1)S(C)(=O)=O. The number of methoxy groups -OCH3 is 1. The number of hydrogen-bond acceptors (Lipinski definition) is 6. The lowest BCUT2D eigenvalue weighted by molar-refractivity contribution is -0.119. The highest BCUT2D eigenvalue weighted by Gasteiger charge is 2.23. The van der Waals surface area contributed by atoms with Gasteiger partial charge in [-0.1, -0.05) is 18.2 Å². The fourth-order valence-corrected chi connectivity index (χ4v) is 3.61. The summed E-state index contributed by atoms with van der Waals surface area (Å²) in [6.45, 7) is 1.36. The third-order valence-electron chi connectivity index (χ3n) is 3.27. The van der Waals surface area contributed by atoms with E-state index in [0.29, 0.717) is 17.1 Å². The van der Waals surface area contributed by atoms with Gasteiger partial charge in [0.05, 0.1) is 24.8 Å². The first-order chi connectivity index (χ1) is 11.8. The van der Waals surface area contributed by atoms with E-state index in [0.717, 1.165) is 15.4 Å². The van der Waals surface area contributed by atoms with Crippen molar-refractivity contribution in [3.05, 3.63) is 46.7 Å². The molecule has 9 heteroatoms. The van der Waals surface area contributed by atoms with Gasteiger partial charge in [-0.25, -0.2) is 13.8 Å². The van der Waals surface area contributed by atoms with Crippen molar-refractivity contribution in [2.24, 2.45) is 5.10 Å². The number of ether oxygens (including phenoxy) is 1. The molecular formula is C16H19N3O4S2. The molecule has 134 valence electrons. The van der Waals surface area contributed by atoms with E-state index in [1.807, 2.05) is 17.5 Å². The molecular weight excluding hydrogens is 362 g/mol.